The Hall–Kier alpha value is -3.27. The van der Waals surface area contributed by atoms with Crippen LogP contribution in [0.3, 0.4) is 0 Å². The molecule has 170 valence electrons. The number of anilines is 2. The van der Waals surface area contributed by atoms with Crippen molar-refractivity contribution in [2.45, 2.75) is 46.6 Å². The lowest BCUT2D eigenvalue weighted by Gasteiger charge is -2.26. The quantitative estimate of drug-likeness (QED) is 0.510. The summed E-state index contributed by atoms with van der Waals surface area (Å²) in [5, 5.41) is 2.53. The number of aromatic amines is 1. The number of H-pyrrole nitrogens is 1. The van der Waals surface area contributed by atoms with Gasteiger partial charge in [0.05, 0.1) is 17.8 Å². The maximum absolute atomic E-state index is 13.3. The molecular weight excluding hydrogens is 428 g/mol. The normalized spacial score (nSPS) is 11.1. The first-order valence-corrected chi connectivity index (χ1v) is 11.5. The number of nitrogens with zero attached hydrogens (tertiary/aromatic N) is 4. The lowest BCUT2D eigenvalue weighted by atomic mass is 10.1. The summed E-state index contributed by atoms with van der Waals surface area (Å²) in [6.07, 6.45) is 3.28. The highest BCUT2D eigenvalue weighted by Gasteiger charge is 2.25. The van der Waals surface area contributed by atoms with Crippen molar-refractivity contribution in [3.05, 3.63) is 56.3 Å². The van der Waals surface area contributed by atoms with E-state index in [0.29, 0.717) is 17.2 Å². The second kappa shape index (κ2) is 10.4. The van der Waals surface area contributed by atoms with Crippen molar-refractivity contribution >= 4 is 28.7 Å². The van der Waals surface area contributed by atoms with Crippen LogP contribution in [0.4, 0.5) is 11.5 Å². The zero-order valence-electron chi connectivity index (χ0n) is 18.5. The lowest BCUT2D eigenvalue weighted by molar-refractivity contribution is -0.118. The molecule has 32 heavy (non-hydrogen) atoms. The van der Waals surface area contributed by atoms with Gasteiger partial charge in [-0.05, 0) is 24.5 Å². The molecule has 0 saturated carbocycles. The molecule has 3 rings (SSSR count). The summed E-state index contributed by atoms with van der Waals surface area (Å²) < 4.78 is 1.32. The second-order valence-corrected chi connectivity index (χ2v) is 8.79. The molecule has 10 heteroatoms. The average molecular weight is 457 g/mol. The van der Waals surface area contributed by atoms with E-state index in [9.17, 15) is 14.4 Å². The zero-order chi connectivity index (χ0) is 23.3. The number of nitrogens with one attached hydrogen (secondary N) is 1. The highest BCUT2D eigenvalue weighted by atomic mass is 32.1. The topological polar surface area (TPSA) is 127 Å². The van der Waals surface area contributed by atoms with E-state index in [-0.39, 0.29) is 36.3 Å². The molecule has 0 aromatic carbocycles. The number of pyridine rings is 1. The van der Waals surface area contributed by atoms with Crippen molar-refractivity contribution in [2.75, 3.05) is 17.2 Å². The van der Waals surface area contributed by atoms with Crippen LogP contribution in [0.2, 0.25) is 0 Å². The number of rotatable bonds is 9. The van der Waals surface area contributed by atoms with Crippen molar-refractivity contribution in [1.29, 1.82) is 0 Å². The van der Waals surface area contributed by atoms with Gasteiger partial charge in [-0.2, -0.15) is 0 Å². The molecule has 0 spiro atoms. The summed E-state index contributed by atoms with van der Waals surface area (Å²) in [7, 11) is 0. The summed E-state index contributed by atoms with van der Waals surface area (Å²) >= 11 is 1.40. The number of carbonyl (C=O) groups excluding carboxylic acids is 1. The summed E-state index contributed by atoms with van der Waals surface area (Å²) in [4.78, 5) is 50.8. The van der Waals surface area contributed by atoms with E-state index in [2.05, 4.69) is 15.0 Å². The molecule has 3 aromatic rings. The second-order valence-electron chi connectivity index (χ2n) is 7.93. The average Bonchev–Trinajstić information content (AvgIpc) is 3.21. The van der Waals surface area contributed by atoms with Crippen LogP contribution in [-0.2, 0) is 17.8 Å². The number of nitrogen functional groups attached to an aromatic ring is 1. The van der Waals surface area contributed by atoms with E-state index < -0.39 is 11.2 Å². The van der Waals surface area contributed by atoms with Gasteiger partial charge in [0.15, 0.2) is 5.69 Å². The van der Waals surface area contributed by atoms with Crippen LogP contribution in [0.1, 0.15) is 39.3 Å². The van der Waals surface area contributed by atoms with Crippen LogP contribution in [-0.4, -0.2) is 32.0 Å². The Morgan fingerprint density at radius 2 is 2.09 bits per heavy atom. The van der Waals surface area contributed by atoms with Gasteiger partial charge >= 0.3 is 5.69 Å². The molecule has 0 fully saturated rings. The van der Waals surface area contributed by atoms with Gasteiger partial charge < -0.3 is 10.6 Å². The number of hydrogen-bond donors (Lipinski definition) is 2. The molecule has 9 nitrogen and oxygen atoms in total. The number of amides is 1. The Bertz CT molecular complexity index is 1180. The fourth-order valence-corrected chi connectivity index (χ4v) is 4.10. The minimum Gasteiger partial charge on any atom is -0.383 e. The van der Waals surface area contributed by atoms with Crippen molar-refractivity contribution in [3.63, 3.8) is 0 Å². The summed E-state index contributed by atoms with van der Waals surface area (Å²) in [6, 6.07) is 5.56. The standard InChI is InChI=1S/C22H28N6O3S/c1-4-5-10-27-19(23)18(20(30)26-22(27)31)28(12-14(2)3)17(29)11-15-13-32-21(25-15)16-8-6-7-9-24-16/h6-9,13-14H,4-5,10-12,23H2,1-3H3,(H,26,30,31). The highest BCUT2D eigenvalue weighted by molar-refractivity contribution is 7.13. The van der Waals surface area contributed by atoms with Gasteiger partial charge in [0, 0.05) is 24.7 Å². The molecule has 0 bridgehead atoms. The number of hydrogen-bond acceptors (Lipinski definition) is 7. The Balaban J connectivity index is 1.94. The molecule has 0 radical (unpaired) electrons. The van der Waals surface area contributed by atoms with Crippen LogP contribution in [0.15, 0.2) is 39.4 Å². The van der Waals surface area contributed by atoms with E-state index >= 15 is 0 Å². The van der Waals surface area contributed by atoms with Crippen molar-refractivity contribution < 1.29 is 4.79 Å². The first kappa shape index (κ1) is 23.4. The fourth-order valence-electron chi connectivity index (χ4n) is 3.30. The zero-order valence-corrected chi connectivity index (χ0v) is 19.3. The summed E-state index contributed by atoms with van der Waals surface area (Å²) in [6.45, 7) is 6.54. The van der Waals surface area contributed by atoms with Gasteiger partial charge in [-0.15, -0.1) is 11.3 Å². The minimum atomic E-state index is -0.665. The molecule has 3 heterocycles. The molecule has 3 N–H and O–H groups in total. The van der Waals surface area contributed by atoms with Crippen LogP contribution < -0.4 is 21.9 Å². The van der Waals surface area contributed by atoms with E-state index in [1.807, 2.05) is 44.4 Å². The first-order chi connectivity index (χ1) is 15.3. The molecule has 0 unspecified atom stereocenters. The number of thiazole rings is 1. The largest absolute Gasteiger partial charge is 0.383 e. The highest BCUT2D eigenvalue weighted by Crippen LogP contribution is 2.24. The monoisotopic (exact) mass is 456 g/mol. The predicted molar refractivity (Wildman–Crippen MR) is 127 cm³/mol. The van der Waals surface area contributed by atoms with Crippen LogP contribution in [0.25, 0.3) is 10.7 Å². The Kier molecular flexibility index (Phi) is 7.57. The van der Waals surface area contributed by atoms with Gasteiger partial charge in [0.2, 0.25) is 5.91 Å². The van der Waals surface area contributed by atoms with Gasteiger partial charge in [-0.3, -0.25) is 24.1 Å². The van der Waals surface area contributed by atoms with Crippen LogP contribution in [0.5, 0.6) is 0 Å². The predicted octanol–water partition coefficient (Wildman–Crippen LogP) is 2.67. The lowest BCUT2D eigenvalue weighted by Crippen LogP contribution is -2.43. The molecular formula is C22H28N6O3S. The fraction of sp³-hybridized carbons (Fsp3) is 0.409. The molecule has 0 aliphatic carbocycles. The third-order valence-electron chi connectivity index (χ3n) is 4.84. The molecule has 1 amide bonds. The van der Waals surface area contributed by atoms with Crippen molar-refractivity contribution in [3.8, 4) is 10.7 Å². The van der Waals surface area contributed by atoms with Gasteiger partial charge in [-0.25, -0.2) is 9.78 Å². The van der Waals surface area contributed by atoms with E-state index in [1.165, 1.54) is 20.8 Å². The van der Waals surface area contributed by atoms with E-state index in [4.69, 9.17) is 5.73 Å². The maximum atomic E-state index is 13.3. The summed E-state index contributed by atoms with van der Waals surface area (Å²) in [5.74, 6) is -0.226. The molecule has 3 aromatic heterocycles. The van der Waals surface area contributed by atoms with Gasteiger partial charge in [0.1, 0.15) is 10.8 Å². The summed E-state index contributed by atoms with van der Waals surface area (Å²) in [5.41, 5.74) is 6.34. The minimum absolute atomic E-state index is 0.00300. The molecule has 0 atom stereocenters. The maximum Gasteiger partial charge on any atom is 0.330 e. The van der Waals surface area contributed by atoms with Crippen LogP contribution in [0, 0.1) is 5.92 Å². The number of nitrogens with two attached hydrogens (primary N) is 1. The number of aromatic nitrogens is 4. The Morgan fingerprint density at radius 1 is 1.31 bits per heavy atom. The molecule has 0 aliphatic heterocycles. The smallest absolute Gasteiger partial charge is 0.330 e. The third kappa shape index (κ3) is 5.31. The van der Waals surface area contributed by atoms with E-state index in [0.717, 1.165) is 18.5 Å². The third-order valence-corrected chi connectivity index (χ3v) is 5.75. The van der Waals surface area contributed by atoms with E-state index in [1.54, 1.807) is 6.20 Å². The van der Waals surface area contributed by atoms with Gasteiger partial charge in [-0.1, -0.05) is 33.3 Å². The molecule has 0 aliphatic rings. The first-order valence-electron chi connectivity index (χ1n) is 10.6. The van der Waals surface area contributed by atoms with Gasteiger partial charge in [0.25, 0.3) is 5.56 Å². The molecule has 0 saturated heterocycles. The van der Waals surface area contributed by atoms with Crippen LogP contribution >= 0.6 is 11.3 Å². The Labute approximate surface area is 190 Å². The SMILES string of the molecule is CCCCn1c(N)c(N(CC(C)C)C(=O)Cc2csc(-c3ccccn3)n2)c(=O)[nH]c1=O. The Morgan fingerprint density at radius 3 is 2.75 bits per heavy atom. The van der Waals surface area contributed by atoms with Crippen molar-refractivity contribution in [1.82, 2.24) is 19.5 Å². The number of unbranched alkanes of at least 4 members (excludes halogenated alkanes) is 1. The number of carbonyl (C=O) groups is 1. The van der Waals surface area contributed by atoms with Crippen molar-refractivity contribution in [2.24, 2.45) is 5.92 Å².